The monoisotopic (exact) mass is 382 g/mol. The molecular weight excluding hydrogens is 364 g/mol. The number of rotatable bonds is 5. The van der Waals surface area contributed by atoms with Crippen LogP contribution in [0.25, 0.3) is 5.52 Å². The van der Waals surface area contributed by atoms with E-state index >= 15 is 0 Å². The molecule has 1 aliphatic rings. The summed E-state index contributed by atoms with van der Waals surface area (Å²) in [5.74, 6) is 0.642. The number of nitrogens with zero attached hydrogens (tertiary/aromatic N) is 5. The topological polar surface area (TPSA) is 97.8 Å². The average molecular weight is 382 g/mol. The number of benzene rings is 1. The second-order valence-electron chi connectivity index (χ2n) is 6.26. The van der Waals surface area contributed by atoms with Crippen molar-refractivity contribution in [2.24, 2.45) is 16.5 Å². The van der Waals surface area contributed by atoms with Crippen molar-refractivity contribution in [3.8, 4) is 0 Å². The first-order chi connectivity index (χ1) is 13.6. The normalized spacial score (nSPS) is 17.0. The fourth-order valence-electron chi connectivity index (χ4n) is 3.18. The van der Waals surface area contributed by atoms with Crippen molar-refractivity contribution in [1.82, 2.24) is 19.5 Å². The van der Waals surface area contributed by atoms with Crippen LogP contribution in [-0.2, 0) is 6.42 Å². The molecule has 3 heterocycles. The van der Waals surface area contributed by atoms with Gasteiger partial charge in [-0.1, -0.05) is 18.2 Å². The Hall–Kier alpha value is -3.33. The Balaban J connectivity index is 1.84. The molecule has 28 heavy (non-hydrogen) atoms. The number of hydrogen-bond acceptors (Lipinski definition) is 6. The summed E-state index contributed by atoms with van der Waals surface area (Å²) in [6, 6.07) is 10.0. The van der Waals surface area contributed by atoms with Gasteiger partial charge in [-0.05, 0) is 23.8 Å². The summed E-state index contributed by atoms with van der Waals surface area (Å²) in [6.45, 7) is -0.609. The van der Waals surface area contributed by atoms with Gasteiger partial charge in [-0.3, -0.25) is 0 Å². The van der Waals surface area contributed by atoms with Gasteiger partial charge in [-0.25, -0.2) is 23.3 Å². The third kappa shape index (κ3) is 3.20. The first-order valence-electron chi connectivity index (χ1n) is 8.70. The minimum atomic E-state index is -0.744. The molecule has 1 unspecified atom stereocenters. The number of imidazole rings is 1. The van der Waals surface area contributed by atoms with Crippen LogP contribution in [-0.4, -0.2) is 44.7 Å². The average Bonchev–Trinajstić information content (AvgIpc) is 3.04. The number of hydrogen-bond donors (Lipinski definition) is 2. The molecule has 1 atom stereocenters. The van der Waals surface area contributed by atoms with Crippen molar-refractivity contribution in [3.05, 3.63) is 77.4 Å². The predicted octanol–water partition coefficient (Wildman–Crippen LogP) is 1.38. The smallest absolute Gasteiger partial charge is 0.160 e. The molecule has 7 nitrogen and oxygen atoms in total. The zero-order valence-corrected chi connectivity index (χ0v) is 14.9. The maximum Gasteiger partial charge on any atom is 0.160 e. The number of amidine groups is 1. The highest BCUT2D eigenvalue weighted by atomic mass is 19.1. The van der Waals surface area contributed by atoms with E-state index in [1.165, 1.54) is 6.07 Å². The van der Waals surface area contributed by atoms with Gasteiger partial charge in [-0.15, -0.1) is 0 Å². The molecule has 1 aromatic carbocycles. The standard InChI is InChI=1S/C19H18F2N7/c20-7-9-27-16(23)11-15(22)25-19(27)18-14-6-3-8-24-28(14)17(26-18)10-12-4-1-2-5-13(12)21/h1-6,8,16H,7,9-10,22-23H2. The van der Waals surface area contributed by atoms with Gasteiger partial charge in [0.15, 0.2) is 5.84 Å². The summed E-state index contributed by atoms with van der Waals surface area (Å²) in [7, 11) is 0. The molecule has 3 aromatic rings. The van der Waals surface area contributed by atoms with Crippen LogP contribution in [0.4, 0.5) is 8.78 Å². The predicted molar refractivity (Wildman–Crippen MR) is 100 cm³/mol. The van der Waals surface area contributed by atoms with Crippen molar-refractivity contribution in [2.45, 2.75) is 12.6 Å². The lowest BCUT2D eigenvalue weighted by Crippen LogP contribution is -2.49. The molecule has 0 bridgehead atoms. The van der Waals surface area contributed by atoms with Crippen molar-refractivity contribution in [3.63, 3.8) is 0 Å². The number of alkyl halides is 1. The highest BCUT2D eigenvalue weighted by Gasteiger charge is 2.28. The van der Waals surface area contributed by atoms with E-state index in [-0.39, 0.29) is 24.6 Å². The third-order valence-corrected chi connectivity index (χ3v) is 4.45. The molecule has 0 spiro atoms. The fraction of sp³-hybridized carbons (Fsp3) is 0.211. The van der Waals surface area contributed by atoms with E-state index in [1.807, 2.05) is 0 Å². The number of aromatic nitrogens is 3. The van der Waals surface area contributed by atoms with Crippen LogP contribution in [0.1, 0.15) is 17.1 Å². The van der Waals surface area contributed by atoms with Gasteiger partial charge in [0.2, 0.25) is 0 Å². The summed E-state index contributed by atoms with van der Waals surface area (Å²) < 4.78 is 28.8. The molecule has 2 aromatic heterocycles. The van der Waals surface area contributed by atoms with Gasteiger partial charge in [-0.2, -0.15) is 5.10 Å². The number of aliphatic imine (C=N–C) groups is 1. The van der Waals surface area contributed by atoms with E-state index in [0.717, 1.165) is 0 Å². The first-order valence-corrected chi connectivity index (χ1v) is 8.70. The van der Waals surface area contributed by atoms with E-state index in [2.05, 4.69) is 21.2 Å². The number of nitrogens with two attached hydrogens (primary N) is 2. The van der Waals surface area contributed by atoms with Gasteiger partial charge in [0.25, 0.3) is 0 Å². The summed E-state index contributed by atoms with van der Waals surface area (Å²) in [6.07, 6.45) is 3.85. The van der Waals surface area contributed by atoms with Crippen LogP contribution in [0.15, 0.2) is 53.4 Å². The maximum absolute atomic E-state index is 14.1. The molecule has 0 saturated heterocycles. The molecule has 0 saturated carbocycles. The molecule has 4 rings (SSSR count). The van der Waals surface area contributed by atoms with E-state index in [4.69, 9.17) is 11.5 Å². The van der Waals surface area contributed by atoms with Crippen molar-refractivity contribution in [1.29, 1.82) is 0 Å². The number of fused-ring (bicyclic) bond motifs is 1. The van der Waals surface area contributed by atoms with Crippen LogP contribution in [0.2, 0.25) is 0 Å². The van der Waals surface area contributed by atoms with E-state index in [1.54, 1.807) is 45.9 Å². The molecular formula is C19H18F2N7. The minimum absolute atomic E-state index is 0.0161. The number of halogens is 2. The van der Waals surface area contributed by atoms with Gasteiger partial charge in [0, 0.05) is 25.2 Å². The summed E-state index contributed by atoms with van der Waals surface area (Å²) in [5.41, 5.74) is 13.4. The van der Waals surface area contributed by atoms with Crippen LogP contribution in [0, 0.1) is 11.9 Å². The van der Waals surface area contributed by atoms with Gasteiger partial charge in [0.05, 0.1) is 5.52 Å². The van der Waals surface area contributed by atoms with E-state index in [0.29, 0.717) is 28.4 Å². The summed E-state index contributed by atoms with van der Waals surface area (Å²) >= 11 is 0. The zero-order chi connectivity index (χ0) is 19.7. The lowest BCUT2D eigenvalue weighted by atomic mass is 10.1. The Morgan fingerprint density at radius 3 is 2.79 bits per heavy atom. The largest absolute Gasteiger partial charge is 0.383 e. The second-order valence-corrected chi connectivity index (χ2v) is 6.26. The van der Waals surface area contributed by atoms with Crippen LogP contribution >= 0.6 is 0 Å². The van der Waals surface area contributed by atoms with Crippen LogP contribution in [0.5, 0.6) is 0 Å². The maximum atomic E-state index is 14.1. The van der Waals surface area contributed by atoms with E-state index < -0.39 is 12.8 Å². The SMILES string of the molecule is NC1=[C]C(N)N(CCF)C(c2nc(Cc3ccccc3F)n3ncccc23)=N1. The molecule has 0 amide bonds. The fourth-order valence-corrected chi connectivity index (χ4v) is 3.18. The molecule has 1 aliphatic heterocycles. The van der Waals surface area contributed by atoms with Gasteiger partial charge >= 0.3 is 0 Å². The minimum Gasteiger partial charge on any atom is -0.383 e. The second kappa shape index (κ2) is 7.35. The van der Waals surface area contributed by atoms with Crippen molar-refractivity contribution >= 4 is 11.4 Å². The van der Waals surface area contributed by atoms with Gasteiger partial charge < -0.3 is 16.4 Å². The lowest BCUT2D eigenvalue weighted by Gasteiger charge is -2.31. The Kier molecular flexibility index (Phi) is 4.74. The van der Waals surface area contributed by atoms with Crippen LogP contribution < -0.4 is 11.5 Å². The van der Waals surface area contributed by atoms with E-state index in [9.17, 15) is 8.78 Å². The Morgan fingerprint density at radius 2 is 2.00 bits per heavy atom. The molecule has 0 fully saturated rings. The van der Waals surface area contributed by atoms with Crippen molar-refractivity contribution in [2.75, 3.05) is 13.2 Å². The Morgan fingerprint density at radius 1 is 1.18 bits per heavy atom. The molecule has 4 N–H and O–H groups in total. The molecule has 143 valence electrons. The first kappa shape index (κ1) is 18.1. The molecule has 0 aliphatic carbocycles. The quantitative estimate of drug-likeness (QED) is 0.695. The summed E-state index contributed by atoms with van der Waals surface area (Å²) in [4.78, 5) is 10.5. The lowest BCUT2D eigenvalue weighted by molar-refractivity contribution is 0.309. The molecule has 9 heteroatoms. The van der Waals surface area contributed by atoms with Gasteiger partial charge in [0.1, 0.15) is 36.0 Å². The highest BCUT2D eigenvalue weighted by molar-refractivity contribution is 6.04. The molecule has 1 radical (unpaired) electrons. The highest BCUT2D eigenvalue weighted by Crippen LogP contribution is 2.21. The zero-order valence-electron chi connectivity index (χ0n) is 14.9. The van der Waals surface area contributed by atoms with Crippen molar-refractivity contribution < 1.29 is 8.78 Å². The Bertz CT molecular complexity index is 1070. The third-order valence-electron chi connectivity index (χ3n) is 4.45. The Labute approximate surface area is 160 Å². The summed E-state index contributed by atoms with van der Waals surface area (Å²) in [5, 5.41) is 4.33. The van der Waals surface area contributed by atoms with Crippen LogP contribution in [0.3, 0.4) is 0 Å².